The van der Waals surface area contributed by atoms with Crippen molar-refractivity contribution in [2.24, 2.45) is 0 Å². The first kappa shape index (κ1) is 11.1. The Kier molecular flexibility index (Phi) is 4.67. The van der Waals surface area contributed by atoms with Crippen molar-refractivity contribution in [3.63, 3.8) is 0 Å². The Morgan fingerprint density at radius 1 is 1.38 bits per heavy atom. The Balaban J connectivity index is 0. The number of carboxylic acid groups (broad SMARTS) is 1. The fourth-order valence-corrected chi connectivity index (χ4v) is 0. The average Bonchev–Trinajstić information content (AvgIpc) is 1.31. The molecule has 0 rings (SSSR count). The van der Waals surface area contributed by atoms with E-state index in [1.807, 2.05) is 0 Å². The molecule has 0 heterocycles. The van der Waals surface area contributed by atoms with Gasteiger partial charge in [-0.05, 0) is 0 Å². The number of hydrogen-bond acceptors (Lipinski definition) is 1. The minimum absolute atomic E-state index is 0. The first-order valence-electron chi connectivity index (χ1n) is 1.24. The van der Waals surface area contributed by atoms with Crippen LogP contribution in [0.3, 0.4) is 0 Å². The Labute approximate surface area is 60.5 Å². The van der Waals surface area contributed by atoms with Crippen LogP contribution in [-0.2, 0) is 4.79 Å². The lowest BCUT2D eigenvalue weighted by Gasteiger charge is -1.99. The fourth-order valence-electron chi connectivity index (χ4n) is 0. The zero-order valence-electron chi connectivity index (χ0n) is 3.49. The maximum absolute atomic E-state index is 9.62. The molecule has 0 saturated carbocycles. The molecule has 3 nitrogen and oxygen atoms in total. The van der Waals surface area contributed by atoms with E-state index >= 15 is 0 Å². The summed E-state index contributed by atoms with van der Waals surface area (Å²) in [5.41, 5.74) is 0. The van der Waals surface area contributed by atoms with E-state index in [2.05, 4.69) is 0 Å². The molecular weight excluding hydrogens is 178 g/mol. The second-order valence-corrected chi connectivity index (χ2v) is 3.08. The molecule has 0 aromatic carbocycles. The Bertz CT molecular complexity index is 85.0. The summed E-state index contributed by atoms with van der Waals surface area (Å²) in [7, 11) is 0. The Morgan fingerprint density at radius 2 is 1.50 bits per heavy atom. The van der Waals surface area contributed by atoms with Crippen LogP contribution in [0.1, 0.15) is 0 Å². The van der Waals surface area contributed by atoms with E-state index < -0.39 is 9.76 Å². The smallest absolute Gasteiger partial charge is 0.356 e. The maximum Gasteiger partial charge on any atom is 0.356 e. The van der Waals surface area contributed by atoms with Crippen LogP contribution in [-0.4, -0.2) is 20.3 Å². The molecule has 6 heteroatoms. The van der Waals surface area contributed by atoms with Gasteiger partial charge in [-0.15, -0.1) is 0 Å². The number of carbonyl (C=O) groups is 1. The number of carboxylic acids is 1. The standard InChI is InChI=1S/C2HCl3O2.H2O/c3-2(4,5)1(6)7;/h(H,6,7);1H2. The van der Waals surface area contributed by atoms with Gasteiger partial charge in [0.15, 0.2) is 0 Å². The molecule has 50 valence electrons. The second-order valence-electron chi connectivity index (χ2n) is 0.803. The number of rotatable bonds is 0. The minimum Gasteiger partial charge on any atom is -0.478 e. The molecule has 0 unspecified atom stereocenters. The van der Waals surface area contributed by atoms with Crippen LogP contribution in [0.4, 0.5) is 0 Å². The van der Waals surface area contributed by atoms with E-state index in [9.17, 15) is 4.79 Å². The molecule has 0 aliphatic rings. The number of aliphatic carboxylic acids is 1. The van der Waals surface area contributed by atoms with Crippen LogP contribution in [0.5, 0.6) is 0 Å². The topological polar surface area (TPSA) is 68.8 Å². The molecule has 0 aromatic heterocycles. The highest BCUT2D eigenvalue weighted by Crippen LogP contribution is 2.25. The van der Waals surface area contributed by atoms with Crippen molar-refractivity contribution in [1.29, 1.82) is 0 Å². The zero-order valence-corrected chi connectivity index (χ0v) is 5.76. The molecule has 0 atom stereocenters. The molecule has 0 radical (unpaired) electrons. The van der Waals surface area contributed by atoms with Gasteiger partial charge in [0.2, 0.25) is 0 Å². The summed E-state index contributed by atoms with van der Waals surface area (Å²) in [5, 5.41) is 7.85. The first-order chi connectivity index (χ1) is 2.94. The van der Waals surface area contributed by atoms with Crippen LogP contribution in [0.15, 0.2) is 0 Å². The van der Waals surface area contributed by atoms with Gasteiger partial charge >= 0.3 is 5.97 Å². The third-order valence-corrected chi connectivity index (χ3v) is 0.728. The number of alkyl halides is 3. The van der Waals surface area contributed by atoms with Gasteiger partial charge < -0.3 is 10.6 Å². The van der Waals surface area contributed by atoms with Crippen LogP contribution < -0.4 is 0 Å². The third-order valence-electron chi connectivity index (χ3n) is 0.243. The lowest BCUT2D eigenvalue weighted by molar-refractivity contribution is -0.135. The molecule has 0 amide bonds. The fraction of sp³-hybridized carbons (Fsp3) is 0.500. The van der Waals surface area contributed by atoms with Crippen molar-refractivity contribution in [2.45, 2.75) is 3.79 Å². The van der Waals surface area contributed by atoms with Crippen molar-refractivity contribution in [3.05, 3.63) is 0 Å². The van der Waals surface area contributed by atoms with Crippen molar-refractivity contribution in [2.75, 3.05) is 0 Å². The van der Waals surface area contributed by atoms with Gasteiger partial charge in [0.1, 0.15) is 0 Å². The highest BCUT2D eigenvalue weighted by Gasteiger charge is 2.29. The predicted molar refractivity (Wildman–Crippen MR) is 31.5 cm³/mol. The molecule has 0 spiro atoms. The van der Waals surface area contributed by atoms with Gasteiger partial charge in [0.05, 0.1) is 0 Å². The molecule has 0 fully saturated rings. The summed E-state index contributed by atoms with van der Waals surface area (Å²) in [5.74, 6) is -1.46. The summed E-state index contributed by atoms with van der Waals surface area (Å²) in [6.07, 6.45) is 0. The Hall–Kier alpha value is 0.300. The van der Waals surface area contributed by atoms with Gasteiger partial charge in [-0.1, -0.05) is 34.8 Å². The van der Waals surface area contributed by atoms with Crippen molar-refractivity contribution in [3.8, 4) is 0 Å². The average molecular weight is 181 g/mol. The monoisotopic (exact) mass is 180 g/mol. The normalized spacial score (nSPS) is 9.88. The molecule has 0 aliphatic heterocycles. The molecule has 0 aromatic rings. The Morgan fingerprint density at radius 3 is 1.50 bits per heavy atom. The first-order valence-corrected chi connectivity index (χ1v) is 2.38. The summed E-state index contributed by atoms with van der Waals surface area (Å²) in [6, 6.07) is 0. The van der Waals surface area contributed by atoms with E-state index in [0.717, 1.165) is 0 Å². The molecule has 8 heavy (non-hydrogen) atoms. The van der Waals surface area contributed by atoms with Crippen molar-refractivity contribution >= 4 is 40.8 Å². The van der Waals surface area contributed by atoms with E-state index in [0.29, 0.717) is 0 Å². The highest BCUT2D eigenvalue weighted by atomic mass is 35.6. The molecular formula is C2H3Cl3O3. The van der Waals surface area contributed by atoms with E-state index in [4.69, 9.17) is 39.9 Å². The third kappa shape index (κ3) is 4.46. The van der Waals surface area contributed by atoms with Crippen LogP contribution >= 0.6 is 34.8 Å². The van der Waals surface area contributed by atoms with Crippen LogP contribution in [0.25, 0.3) is 0 Å². The summed E-state index contributed by atoms with van der Waals surface area (Å²) < 4.78 is -2.17. The van der Waals surface area contributed by atoms with E-state index in [-0.39, 0.29) is 5.48 Å². The molecule has 0 bridgehead atoms. The minimum atomic E-state index is -2.17. The van der Waals surface area contributed by atoms with Gasteiger partial charge in [0.25, 0.3) is 3.79 Å². The second kappa shape index (κ2) is 3.35. The van der Waals surface area contributed by atoms with Crippen molar-refractivity contribution < 1.29 is 15.4 Å². The molecule has 0 saturated heterocycles. The van der Waals surface area contributed by atoms with Gasteiger partial charge in [-0.25, -0.2) is 4.79 Å². The maximum atomic E-state index is 9.62. The lowest BCUT2D eigenvalue weighted by Crippen LogP contribution is -2.16. The summed E-state index contributed by atoms with van der Waals surface area (Å²) in [4.78, 5) is 9.62. The zero-order chi connectivity index (χ0) is 6.08. The van der Waals surface area contributed by atoms with E-state index in [1.165, 1.54) is 0 Å². The van der Waals surface area contributed by atoms with Gasteiger partial charge in [0, 0.05) is 0 Å². The SMILES string of the molecule is O.O=C(O)C(Cl)(Cl)Cl. The summed E-state index contributed by atoms with van der Waals surface area (Å²) in [6.45, 7) is 0. The lowest BCUT2D eigenvalue weighted by atomic mass is 10.8. The highest BCUT2D eigenvalue weighted by molar-refractivity contribution is 6.75. The van der Waals surface area contributed by atoms with E-state index in [1.54, 1.807) is 0 Å². The van der Waals surface area contributed by atoms with Crippen LogP contribution in [0, 0.1) is 0 Å². The number of hydrogen-bond donors (Lipinski definition) is 1. The quantitative estimate of drug-likeness (QED) is 0.557. The molecule has 3 N–H and O–H groups in total. The van der Waals surface area contributed by atoms with Gasteiger partial charge in [-0.2, -0.15) is 0 Å². The van der Waals surface area contributed by atoms with Crippen LogP contribution in [0.2, 0.25) is 0 Å². The largest absolute Gasteiger partial charge is 0.478 e. The van der Waals surface area contributed by atoms with Crippen molar-refractivity contribution in [1.82, 2.24) is 0 Å². The number of halogens is 3. The van der Waals surface area contributed by atoms with Gasteiger partial charge in [-0.3, -0.25) is 0 Å². The predicted octanol–water partition coefficient (Wildman–Crippen LogP) is 0.616. The molecule has 0 aliphatic carbocycles. The summed E-state index contributed by atoms with van der Waals surface area (Å²) >= 11 is 14.4.